The predicted octanol–water partition coefficient (Wildman–Crippen LogP) is 3.59. The van der Waals surface area contributed by atoms with Gasteiger partial charge in [-0.2, -0.15) is 4.31 Å². The first-order chi connectivity index (χ1) is 13.6. The van der Waals surface area contributed by atoms with Crippen molar-refractivity contribution >= 4 is 21.8 Å². The van der Waals surface area contributed by atoms with Crippen molar-refractivity contribution in [1.82, 2.24) is 4.31 Å². The van der Waals surface area contributed by atoms with Crippen molar-refractivity contribution in [1.29, 1.82) is 0 Å². The van der Waals surface area contributed by atoms with Crippen LogP contribution in [0.3, 0.4) is 0 Å². The van der Waals surface area contributed by atoms with Gasteiger partial charge < -0.3 is 4.74 Å². The molecule has 0 N–H and O–H groups in total. The number of carbonyl (C=O) groups is 2. The summed E-state index contributed by atoms with van der Waals surface area (Å²) in [5.41, 5.74) is 1.22. The number of hydrogen-bond donors (Lipinski definition) is 0. The van der Waals surface area contributed by atoms with E-state index in [1.54, 1.807) is 38.1 Å². The van der Waals surface area contributed by atoms with E-state index in [4.69, 9.17) is 4.74 Å². The van der Waals surface area contributed by atoms with Gasteiger partial charge in [0.25, 0.3) is 0 Å². The zero-order chi connectivity index (χ0) is 21.8. The van der Waals surface area contributed by atoms with Crippen LogP contribution in [-0.2, 0) is 14.8 Å². The molecule has 0 radical (unpaired) electrons. The quantitative estimate of drug-likeness (QED) is 0.481. The molecule has 0 amide bonds. The highest BCUT2D eigenvalue weighted by molar-refractivity contribution is 7.89. The third-order valence-electron chi connectivity index (χ3n) is 4.48. The number of ketones is 1. The minimum atomic E-state index is -4.10. The highest BCUT2D eigenvalue weighted by Crippen LogP contribution is 2.22. The summed E-state index contributed by atoms with van der Waals surface area (Å²) in [5, 5.41) is 0. The Bertz CT molecular complexity index is 998. The van der Waals surface area contributed by atoms with Gasteiger partial charge in [0.15, 0.2) is 6.10 Å². The van der Waals surface area contributed by atoms with Crippen molar-refractivity contribution in [3.8, 4) is 0 Å². The van der Waals surface area contributed by atoms with Gasteiger partial charge >= 0.3 is 5.97 Å². The lowest BCUT2D eigenvalue weighted by molar-refractivity contribution is 0.0318. The molecule has 1 atom stereocenters. The number of Topliss-reactive ketones (excluding diaryl/α,β-unsaturated/α-hetero) is 1. The standard InChI is InChI=1S/C21H24FNO5S/c1-5-23(6-2)29(26,27)19-13-17(11-12-18(19)22)21(25)28-15(4)20(24)16-9-7-14(3)8-10-16/h7-13,15H,5-6H2,1-4H3. The fourth-order valence-corrected chi connectivity index (χ4v) is 4.31. The summed E-state index contributed by atoms with van der Waals surface area (Å²) in [6.45, 7) is 6.90. The monoisotopic (exact) mass is 421 g/mol. The van der Waals surface area contributed by atoms with E-state index in [0.717, 1.165) is 28.1 Å². The zero-order valence-electron chi connectivity index (χ0n) is 16.8. The maximum absolute atomic E-state index is 14.2. The van der Waals surface area contributed by atoms with Crippen LogP contribution in [0.4, 0.5) is 4.39 Å². The molecule has 1 unspecified atom stereocenters. The Hall–Kier alpha value is -2.58. The fraction of sp³-hybridized carbons (Fsp3) is 0.333. The summed E-state index contributed by atoms with van der Waals surface area (Å²) in [6.07, 6.45) is -1.09. The van der Waals surface area contributed by atoms with Gasteiger partial charge in [0.1, 0.15) is 10.7 Å². The van der Waals surface area contributed by atoms with Crippen molar-refractivity contribution in [2.75, 3.05) is 13.1 Å². The first kappa shape index (κ1) is 22.7. The zero-order valence-corrected chi connectivity index (χ0v) is 17.6. The van der Waals surface area contributed by atoms with E-state index in [-0.39, 0.29) is 18.7 Å². The minimum Gasteiger partial charge on any atom is -0.451 e. The number of hydrogen-bond acceptors (Lipinski definition) is 5. The second kappa shape index (κ2) is 9.28. The SMILES string of the molecule is CCN(CC)S(=O)(=O)c1cc(C(=O)OC(C)C(=O)c2ccc(C)cc2)ccc1F. The van der Waals surface area contributed by atoms with Crippen LogP contribution in [0.2, 0.25) is 0 Å². The van der Waals surface area contributed by atoms with Crippen molar-refractivity contribution in [2.45, 2.75) is 38.7 Å². The summed E-state index contributed by atoms with van der Waals surface area (Å²) in [7, 11) is -4.10. The van der Waals surface area contributed by atoms with Gasteiger partial charge in [-0.15, -0.1) is 0 Å². The van der Waals surface area contributed by atoms with E-state index in [0.29, 0.717) is 5.56 Å². The van der Waals surface area contributed by atoms with Gasteiger partial charge in [0, 0.05) is 18.7 Å². The maximum Gasteiger partial charge on any atom is 0.338 e. The van der Waals surface area contributed by atoms with Crippen molar-refractivity contribution < 1.29 is 27.1 Å². The van der Waals surface area contributed by atoms with Gasteiger partial charge in [-0.1, -0.05) is 43.7 Å². The second-order valence-electron chi connectivity index (χ2n) is 6.51. The summed E-state index contributed by atoms with van der Waals surface area (Å²) < 4.78 is 45.7. The van der Waals surface area contributed by atoms with Crippen LogP contribution < -0.4 is 0 Å². The number of benzene rings is 2. The van der Waals surface area contributed by atoms with Gasteiger partial charge in [-0.25, -0.2) is 17.6 Å². The summed E-state index contributed by atoms with van der Waals surface area (Å²) in [6, 6.07) is 9.78. The molecule has 0 spiro atoms. The predicted molar refractivity (Wildman–Crippen MR) is 107 cm³/mol. The molecule has 0 aromatic heterocycles. The number of aryl methyl sites for hydroxylation is 1. The molecule has 8 heteroatoms. The average Bonchev–Trinajstić information content (AvgIpc) is 2.68. The number of esters is 1. The van der Waals surface area contributed by atoms with Crippen LogP contribution in [0, 0.1) is 12.7 Å². The van der Waals surface area contributed by atoms with Crippen LogP contribution in [0.1, 0.15) is 47.1 Å². The van der Waals surface area contributed by atoms with E-state index in [1.807, 2.05) is 6.92 Å². The number of ether oxygens (including phenoxy) is 1. The molecule has 0 aliphatic carbocycles. The maximum atomic E-state index is 14.2. The van der Waals surface area contributed by atoms with E-state index < -0.39 is 38.6 Å². The molecule has 2 aromatic rings. The van der Waals surface area contributed by atoms with E-state index in [1.165, 1.54) is 6.92 Å². The minimum absolute atomic E-state index is 0.152. The van der Waals surface area contributed by atoms with Gasteiger partial charge in [-0.05, 0) is 32.0 Å². The van der Waals surface area contributed by atoms with Crippen molar-refractivity contribution in [3.63, 3.8) is 0 Å². The Morgan fingerprint density at radius 2 is 1.59 bits per heavy atom. The van der Waals surface area contributed by atoms with E-state index in [2.05, 4.69) is 0 Å². The molecule has 0 saturated carbocycles. The Morgan fingerprint density at radius 3 is 2.14 bits per heavy atom. The lowest BCUT2D eigenvalue weighted by atomic mass is 10.1. The van der Waals surface area contributed by atoms with Crippen molar-refractivity contribution in [2.24, 2.45) is 0 Å². The lowest BCUT2D eigenvalue weighted by Gasteiger charge is -2.19. The highest BCUT2D eigenvalue weighted by atomic mass is 32.2. The van der Waals surface area contributed by atoms with E-state index in [9.17, 15) is 22.4 Å². The highest BCUT2D eigenvalue weighted by Gasteiger charge is 2.27. The molecule has 0 bridgehead atoms. The Kier molecular flexibility index (Phi) is 7.26. The fourth-order valence-electron chi connectivity index (χ4n) is 2.77. The van der Waals surface area contributed by atoms with Crippen LogP contribution in [0.15, 0.2) is 47.4 Å². The third kappa shape index (κ3) is 5.07. The molecule has 2 aromatic carbocycles. The Labute approximate surface area is 170 Å². The van der Waals surface area contributed by atoms with Crippen LogP contribution in [0.25, 0.3) is 0 Å². The molecule has 29 heavy (non-hydrogen) atoms. The van der Waals surface area contributed by atoms with Crippen molar-refractivity contribution in [3.05, 3.63) is 65.0 Å². The molecule has 156 valence electrons. The normalized spacial score (nSPS) is 12.6. The Morgan fingerprint density at radius 1 is 1.03 bits per heavy atom. The van der Waals surface area contributed by atoms with Gasteiger partial charge in [0.05, 0.1) is 5.56 Å². The number of rotatable bonds is 8. The molecule has 6 nitrogen and oxygen atoms in total. The number of carbonyl (C=O) groups excluding carboxylic acids is 2. The molecule has 0 fully saturated rings. The molecule has 0 aliphatic rings. The molecular formula is C21H24FNO5S. The first-order valence-corrected chi connectivity index (χ1v) is 10.7. The third-order valence-corrected chi connectivity index (χ3v) is 6.54. The first-order valence-electron chi connectivity index (χ1n) is 9.23. The molecule has 0 saturated heterocycles. The topological polar surface area (TPSA) is 80.8 Å². The Balaban J connectivity index is 2.25. The molecule has 0 heterocycles. The molecular weight excluding hydrogens is 397 g/mol. The smallest absolute Gasteiger partial charge is 0.338 e. The van der Waals surface area contributed by atoms with Gasteiger partial charge in [0.2, 0.25) is 15.8 Å². The molecule has 2 rings (SSSR count). The van der Waals surface area contributed by atoms with Crippen LogP contribution in [0.5, 0.6) is 0 Å². The van der Waals surface area contributed by atoms with E-state index >= 15 is 0 Å². The number of sulfonamides is 1. The van der Waals surface area contributed by atoms with Crippen LogP contribution >= 0.6 is 0 Å². The number of halogens is 1. The summed E-state index contributed by atoms with van der Waals surface area (Å²) in [5.74, 6) is -2.26. The summed E-state index contributed by atoms with van der Waals surface area (Å²) >= 11 is 0. The largest absolute Gasteiger partial charge is 0.451 e. The lowest BCUT2D eigenvalue weighted by Crippen LogP contribution is -2.31. The second-order valence-corrected chi connectivity index (χ2v) is 8.42. The summed E-state index contributed by atoms with van der Waals surface area (Å²) in [4.78, 5) is 24.3. The number of nitrogens with zero attached hydrogens (tertiary/aromatic N) is 1. The molecule has 0 aliphatic heterocycles. The van der Waals surface area contributed by atoms with Crippen LogP contribution in [-0.4, -0.2) is 43.7 Å². The average molecular weight is 421 g/mol. The van der Waals surface area contributed by atoms with Gasteiger partial charge in [-0.3, -0.25) is 4.79 Å².